The molecule has 2 aromatic rings. The first-order valence-electron chi connectivity index (χ1n) is 10.1. The van der Waals surface area contributed by atoms with E-state index in [1.165, 1.54) is 9.80 Å². The van der Waals surface area contributed by atoms with Gasteiger partial charge in [-0.1, -0.05) is 48.8 Å². The number of aromatic nitrogens is 2. The highest BCUT2D eigenvalue weighted by atomic mass is 16.5. The van der Waals surface area contributed by atoms with Crippen LogP contribution in [-0.4, -0.2) is 69.2 Å². The molecule has 9 heteroatoms. The Labute approximate surface area is 175 Å². The zero-order valence-electron chi connectivity index (χ0n) is 17.6. The lowest BCUT2D eigenvalue weighted by Crippen LogP contribution is -2.57. The number of likely N-dealkylation sites (N-methyl/N-ethyl adjacent to an activating group) is 1. The first-order chi connectivity index (χ1) is 14.4. The lowest BCUT2D eigenvalue weighted by molar-refractivity contribution is -0.161. The fourth-order valence-electron chi connectivity index (χ4n) is 3.48. The summed E-state index contributed by atoms with van der Waals surface area (Å²) in [5.41, 5.74) is 0.652. The van der Waals surface area contributed by atoms with E-state index in [1.54, 1.807) is 43.1 Å². The fraction of sp³-hybridized carbons (Fsp3) is 0.476. The van der Waals surface area contributed by atoms with Crippen LogP contribution in [0.4, 0.5) is 0 Å². The number of rotatable bonds is 8. The highest BCUT2D eigenvalue weighted by molar-refractivity contribution is 6.35. The maximum absolute atomic E-state index is 13.4. The topological polar surface area (TPSA) is 99.8 Å². The number of benzene rings is 1. The first kappa shape index (κ1) is 21.5. The van der Waals surface area contributed by atoms with E-state index in [2.05, 4.69) is 10.1 Å². The normalized spacial score (nSPS) is 15.4. The summed E-state index contributed by atoms with van der Waals surface area (Å²) in [6.45, 7) is 5.11. The maximum atomic E-state index is 13.4. The predicted molar refractivity (Wildman–Crippen MR) is 108 cm³/mol. The number of carbonyl (C=O) groups excluding carboxylic acids is 3. The first-order valence-corrected chi connectivity index (χ1v) is 10.1. The molecule has 1 saturated heterocycles. The number of hydrogen-bond donors (Lipinski definition) is 0. The van der Waals surface area contributed by atoms with Gasteiger partial charge in [-0.3, -0.25) is 14.4 Å². The summed E-state index contributed by atoms with van der Waals surface area (Å²) in [5, 5.41) is 3.74. The van der Waals surface area contributed by atoms with Crippen LogP contribution in [0, 0.1) is 6.92 Å². The number of unbranched alkanes of at least 4 members (excludes halogenated alkanes) is 1. The van der Waals surface area contributed by atoms with Crippen molar-refractivity contribution in [1.29, 1.82) is 0 Å². The van der Waals surface area contributed by atoms with Crippen molar-refractivity contribution in [2.24, 2.45) is 0 Å². The van der Waals surface area contributed by atoms with Gasteiger partial charge in [0, 0.05) is 26.7 Å². The van der Waals surface area contributed by atoms with Crippen LogP contribution in [0.1, 0.15) is 43.1 Å². The number of aryl methyl sites for hydroxylation is 1. The van der Waals surface area contributed by atoms with E-state index in [1.807, 2.05) is 13.0 Å². The Balaban J connectivity index is 1.83. The molecule has 30 heavy (non-hydrogen) atoms. The molecule has 3 rings (SSSR count). The molecule has 0 radical (unpaired) electrons. The Morgan fingerprint density at radius 1 is 1.20 bits per heavy atom. The molecule has 0 bridgehead atoms. The second-order valence-corrected chi connectivity index (χ2v) is 7.39. The molecule has 1 fully saturated rings. The van der Waals surface area contributed by atoms with Crippen LogP contribution in [0.3, 0.4) is 0 Å². The SMILES string of the molecule is CCCCN1CCN([C@H](C(=O)N(C)Cc2nc(C)no2)c2ccccc2)C(=O)C1=O. The highest BCUT2D eigenvalue weighted by Gasteiger charge is 2.40. The predicted octanol–water partition coefficient (Wildman–Crippen LogP) is 1.55. The largest absolute Gasteiger partial charge is 0.337 e. The molecule has 0 spiro atoms. The van der Waals surface area contributed by atoms with Crippen LogP contribution in [0.2, 0.25) is 0 Å². The molecule has 0 unspecified atom stereocenters. The second kappa shape index (κ2) is 9.51. The van der Waals surface area contributed by atoms with Gasteiger partial charge in [0.05, 0.1) is 6.54 Å². The average Bonchev–Trinajstić information content (AvgIpc) is 3.16. The second-order valence-electron chi connectivity index (χ2n) is 7.39. The number of amides is 3. The molecule has 2 heterocycles. The smallest absolute Gasteiger partial charge is 0.313 e. The Morgan fingerprint density at radius 3 is 2.57 bits per heavy atom. The van der Waals surface area contributed by atoms with E-state index >= 15 is 0 Å². The van der Waals surface area contributed by atoms with Gasteiger partial charge in [-0.25, -0.2) is 0 Å². The lowest BCUT2D eigenvalue weighted by atomic mass is 10.0. The van der Waals surface area contributed by atoms with E-state index in [4.69, 9.17) is 4.52 Å². The van der Waals surface area contributed by atoms with Gasteiger partial charge < -0.3 is 19.2 Å². The molecule has 1 aromatic heterocycles. The van der Waals surface area contributed by atoms with Crippen LogP contribution < -0.4 is 0 Å². The summed E-state index contributed by atoms with van der Waals surface area (Å²) in [6, 6.07) is 8.13. The van der Waals surface area contributed by atoms with Crippen molar-refractivity contribution < 1.29 is 18.9 Å². The van der Waals surface area contributed by atoms with Crippen molar-refractivity contribution >= 4 is 17.7 Å². The van der Waals surface area contributed by atoms with E-state index in [-0.39, 0.29) is 12.5 Å². The van der Waals surface area contributed by atoms with Crippen molar-refractivity contribution in [3.8, 4) is 0 Å². The van der Waals surface area contributed by atoms with Gasteiger partial charge in [-0.05, 0) is 18.9 Å². The molecule has 1 aromatic carbocycles. The third-order valence-electron chi connectivity index (χ3n) is 5.10. The van der Waals surface area contributed by atoms with Gasteiger partial charge in [-0.2, -0.15) is 4.98 Å². The minimum absolute atomic E-state index is 0.113. The Morgan fingerprint density at radius 2 is 1.93 bits per heavy atom. The minimum atomic E-state index is -0.898. The summed E-state index contributed by atoms with van der Waals surface area (Å²) in [5.74, 6) is -0.739. The van der Waals surface area contributed by atoms with E-state index in [0.29, 0.717) is 36.9 Å². The molecular formula is C21H27N5O4. The number of carbonyl (C=O) groups is 3. The molecule has 1 aliphatic heterocycles. The van der Waals surface area contributed by atoms with E-state index < -0.39 is 17.9 Å². The molecule has 0 saturated carbocycles. The van der Waals surface area contributed by atoms with Crippen molar-refractivity contribution in [3.05, 3.63) is 47.6 Å². The molecule has 1 aliphatic rings. The third kappa shape index (κ3) is 4.67. The lowest BCUT2D eigenvalue weighted by Gasteiger charge is -2.39. The van der Waals surface area contributed by atoms with E-state index in [9.17, 15) is 14.4 Å². The quantitative estimate of drug-likeness (QED) is 0.609. The standard InChI is InChI=1S/C21H27N5O4/c1-4-5-11-25-12-13-26(21(29)20(25)28)18(16-9-7-6-8-10-16)19(27)24(3)14-17-22-15(2)23-30-17/h6-10,18H,4-5,11-14H2,1-3H3/t18-/m0/s1. The zero-order chi connectivity index (χ0) is 21.7. The Hall–Kier alpha value is -3.23. The third-order valence-corrected chi connectivity index (χ3v) is 5.10. The molecule has 1 atom stereocenters. The van der Waals surface area contributed by atoms with Crippen LogP contribution >= 0.6 is 0 Å². The molecule has 3 amide bonds. The summed E-state index contributed by atoms with van der Waals surface area (Å²) in [4.78, 5) is 47.5. The molecule has 9 nitrogen and oxygen atoms in total. The van der Waals surface area contributed by atoms with Gasteiger partial charge in [0.2, 0.25) is 11.8 Å². The maximum Gasteiger partial charge on any atom is 0.313 e. The van der Waals surface area contributed by atoms with Crippen LogP contribution in [0.15, 0.2) is 34.9 Å². The summed E-state index contributed by atoms with van der Waals surface area (Å²) < 4.78 is 5.11. The zero-order valence-corrected chi connectivity index (χ0v) is 17.6. The molecule has 160 valence electrons. The van der Waals surface area contributed by atoms with Crippen LogP contribution in [0.5, 0.6) is 0 Å². The van der Waals surface area contributed by atoms with Gasteiger partial charge in [0.15, 0.2) is 5.82 Å². The number of nitrogens with zero attached hydrogens (tertiary/aromatic N) is 5. The average molecular weight is 413 g/mol. The van der Waals surface area contributed by atoms with Crippen molar-refractivity contribution in [2.45, 2.75) is 39.3 Å². The monoisotopic (exact) mass is 413 g/mol. The fourth-order valence-corrected chi connectivity index (χ4v) is 3.48. The molecular weight excluding hydrogens is 386 g/mol. The van der Waals surface area contributed by atoms with Gasteiger partial charge in [-0.15, -0.1) is 0 Å². The van der Waals surface area contributed by atoms with Gasteiger partial charge in [0.25, 0.3) is 0 Å². The van der Waals surface area contributed by atoms with Gasteiger partial charge >= 0.3 is 11.8 Å². The number of hydrogen-bond acceptors (Lipinski definition) is 6. The van der Waals surface area contributed by atoms with Crippen molar-refractivity contribution in [1.82, 2.24) is 24.8 Å². The minimum Gasteiger partial charge on any atom is -0.337 e. The summed E-state index contributed by atoms with van der Waals surface area (Å²) >= 11 is 0. The molecule has 0 N–H and O–H groups in total. The molecule has 0 aliphatic carbocycles. The Kier molecular flexibility index (Phi) is 6.81. The highest BCUT2D eigenvalue weighted by Crippen LogP contribution is 2.26. The van der Waals surface area contributed by atoms with Crippen molar-refractivity contribution in [3.63, 3.8) is 0 Å². The van der Waals surface area contributed by atoms with Gasteiger partial charge in [0.1, 0.15) is 6.04 Å². The van der Waals surface area contributed by atoms with Crippen LogP contribution in [-0.2, 0) is 20.9 Å². The summed E-state index contributed by atoms with van der Waals surface area (Å²) in [7, 11) is 1.61. The Bertz CT molecular complexity index is 898. The number of piperazine rings is 1. The van der Waals surface area contributed by atoms with Crippen molar-refractivity contribution in [2.75, 3.05) is 26.7 Å². The van der Waals surface area contributed by atoms with E-state index in [0.717, 1.165) is 12.8 Å². The summed E-state index contributed by atoms with van der Waals surface area (Å²) in [6.07, 6.45) is 1.78. The van der Waals surface area contributed by atoms with Crippen LogP contribution in [0.25, 0.3) is 0 Å².